The van der Waals surface area contributed by atoms with Crippen LogP contribution in [-0.4, -0.2) is 17.7 Å². The molecule has 1 rings (SSSR count). The highest BCUT2D eigenvalue weighted by Crippen LogP contribution is 2.14. The van der Waals surface area contributed by atoms with Crippen molar-refractivity contribution in [2.75, 3.05) is 11.9 Å². The maximum absolute atomic E-state index is 11.3. The number of carbonyl (C=O) groups excluding carboxylic acids is 1. The second kappa shape index (κ2) is 5.02. The third kappa shape index (κ3) is 2.84. The van der Waals surface area contributed by atoms with Gasteiger partial charge in [-0.25, -0.2) is 0 Å². The van der Waals surface area contributed by atoms with Crippen LogP contribution in [0, 0.1) is 0 Å². The summed E-state index contributed by atoms with van der Waals surface area (Å²) in [5.74, 6) is 0.816. The Balaban J connectivity index is 2.85. The van der Waals surface area contributed by atoms with Gasteiger partial charge in [0, 0.05) is 5.56 Å². The van der Waals surface area contributed by atoms with E-state index in [1.54, 1.807) is 12.1 Å². The smallest absolute Gasteiger partial charge is 0.173 e. The molecule has 3 heteroatoms. The Kier molecular flexibility index (Phi) is 3.96. The first-order valence-corrected chi connectivity index (χ1v) is 5.22. The number of ether oxygens (including phenoxy) is 1. The number of rotatable bonds is 4. The van der Waals surface area contributed by atoms with Gasteiger partial charge >= 0.3 is 0 Å². The Bertz CT molecular complexity index is 297. The molecule has 0 radical (unpaired) electrons. The maximum Gasteiger partial charge on any atom is 0.173 e. The van der Waals surface area contributed by atoms with Crippen LogP contribution < -0.4 is 4.74 Å². The molecule has 13 heavy (non-hydrogen) atoms. The number of alkyl halides is 1. The number of hydrogen-bond donors (Lipinski definition) is 0. The molecule has 0 heterocycles. The van der Waals surface area contributed by atoms with Crippen LogP contribution >= 0.6 is 15.9 Å². The number of Topliss-reactive ketones (excluding diaryl/α,β-unsaturated/α-hetero) is 1. The molecule has 0 unspecified atom stereocenters. The van der Waals surface area contributed by atoms with Gasteiger partial charge in [0.25, 0.3) is 0 Å². The van der Waals surface area contributed by atoms with Gasteiger partial charge in [-0.05, 0) is 19.1 Å². The summed E-state index contributed by atoms with van der Waals surface area (Å²) in [4.78, 5) is 11.3. The van der Waals surface area contributed by atoms with Crippen molar-refractivity contribution in [3.05, 3.63) is 29.8 Å². The molecular weight excluding hydrogens is 232 g/mol. The Morgan fingerprint density at radius 2 is 2.31 bits per heavy atom. The van der Waals surface area contributed by atoms with E-state index < -0.39 is 0 Å². The van der Waals surface area contributed by atoms with Gasteiger partial charge in [-0.3, -0.25) is 4.79 Å². The number of halogens is 1. The van der Waals surface area contributed by atoms with E-state index >= 15 is 0 Å². The second-order valence-corrected chi connectivity index (χ2v) is 3.08. The summed E-state index contributed by atoms with van der Waals surface area (Å²) in [5.41, 5.74) is 0.683. The molecule has 0 bridgehead atoms. The largest absolute Gasteiger partial charge is 0.494 e. The summed E-state index contributed by atoms with van der Waals surface area (Å²) in [6.07, 6.45) is 0. The van der Waals surface area contributed by atoms with Gasteiger partial charge in [-0.1, -0.05) is 28.1 Å². The van der Waals surface area contributed by atoms with Crippen molar-refractivity contribution in [2.45, 2.75) is 6.92 Å². The average molecular weight is 243 g/mol. The number of hydrogen-bond acceptors (Lipinski definition) is 2. The zero-order valence-corrected chi connectivity index (χ0v) is 9.00. The van der Waals surface area contributed by atoms with Crippen LogP contribution in [0.5, 0.6) is 5.75 Å². The molecule has 1 aromatic rings. The fourth-order valence-electron chi connectivity index (χ4n) is 1.00. The highest BCUT2D eigenvalue weighted by molar-refractivity contribution is 9.09. The van der Waals surface area contributed by atoms with Crippen LogP contribution in [0.2, 0.25) is 0 Å². The van der Waals surface area contributed by atoms with E-state index in [1.165, 1.54) is 0 Å². The summed E-state index contributed by atoms with van der Waals surface area (Å²) in [6, 6.07) is 7.20. The van der Waals surface area contributed by atoms with E-state index in [0.717, 1.165) is 5.75 Å². The van der Waals surface area contributed by atoms with Crippen molar-refractivity contribution in [3.63, 3.8) is 0 Å². The Morgan fingerprint density at radius 3 is 2.92 bits per heavy atom. The van der Waals surface area contributed by atoms with Crippen LogP contribution in [0.25, 0.3) is 0 Å². The van der Waals surface area contributed by atoms with Crippen molar-refractivity contribution in [2.24, 2.45) is 0 Å². The highest BCUT2D eigenvalue weighted by atomic mass is 79.9. The first kappa shape index (κ1) is 10.3. The molecule has 70 valence electrons. The second-order valence-electron chi connectivity index (χ2n) is 2.52. The minimum absolute atomic E-state index is 0.0709. The number of carbonyl (C=O) groups is 1. The predicted molar refractivity (Wildman–Crippen MR) is 55.7 cm³/mol. The van der Waals surface area contributed by atoms with Crippen LogP contribution in [-0.2, 0) is 0 Å². The third-order valence-corrected chi connectivity index (χ3v) is 2.10. The minimum Gasteiger partial charge on any atom is -0.494 e. The molecule has 0 saturated carbocycles. The van der Waals surface area contributed by atoms with Crippen molar-refractivity contribution in [1.29, 1.82) is 0 Å². The molecule has 2 nitrogen and oxygen atoms in total. The van der Waals surface area contributed by atoms with Crippen LogP contribution in [0.4, 0.5) is 0 Å². The lowest BCUT2D eigenvalue weighted by Crippen LogP contribution is -2.00. The normalized spacial score (nSPS) is 9.69. The van der Waals surface area contributed by atoms with E-state index in [2.05, 4.69) is 15.9 Å². The summed E-state index contributed by atoms with van der Waals surface area (Å²) < 4.78 is 5.27. The minimum atomic E-state index is 0.0709. The van der Waals surface area contributed by atoms with E-state index in [9.17, 15) is 4.79 Å². The van der Waals surface area contributed by atoms with Gasteiger partial charge in [0.05, 0.1) is 11.9 Å². The van der Waals surface area contributed by atoms with E-state index in [0.29, 0.717) is 17.5 Å². The van der Waals surface area contributed by atoms with Crippen molar-refractivity contribution in [1.82, 2.24) is 0 Å². The zero-order valence-electron chi connectivity index (χ0n) is 7.42. The molecule has 0 aliphatic carbocycles. The highest BCUT2D eigenvalue weighted by Gasteiger charge is 2.03. The molecule has 0 spiro atoms. The summed E-state index contributed by atoms with van der Waals surface area (Å²) in [7, 11) is 0. The quantitative estimate of drug-likeness (QED) is 0.600. The molecule has 0 aromatic heterocycles. The summed E-state index contributed by atoms with van der Waals surface area (Å²) in [5, 5.41) is 0.350. The first-order chi connectivity index (χ1) is 6.27. The van der Waals surface area contributed by atoms with E-state index in [4.69, 9.17) is 4.74 Å². The topological polar surface area (TPSA) is 26.3 Å². The van der Waals surface area contributed by atoms with E-state index in [-0.39, 0.29) is 5.78 Å². The fourth-order valence-corrected chi connectivity index (χ4v) is 1.33. The Morgan fingerprint density at radius 1 is 1.54 bits per heavy atom. The van der Waals surface area contributed by atoms with Gasteiger partial charge in [0.1, 0.15) is 5.75 Å². The summed E-state index contributed by atoms with van der Waals surface area (Å²) in [6.45, 7) is 2.53. The van der Waals surface area contributed by atoms with Crippen molar-refractivity contribution >= 4 is 21.7 Å². The van der Waals surface area contributed by atoms with Gasteiger partial charge in [0.15, 0.2) is 5.78 Å². The van der Waals surface area contributed by atoms with Crippen LogP contribution in [0.3, 0.4) is 0 Å². The Hall–Kier alpha value is -0.830. The van der Waals surface area contributed by atoms with Gasteiger partial charge in [-0.2, -0.15) is 0 Å². The lowest BCUT2D eigenvalue weighted by molar-refractivity contribution is 0.102. The van der Waals surface area contributed by atoms with E-state index in [1.807, 2.05) is 19.1 Å². The first-order valence-electron chi connectivity index (χ1n) is 4.10. The lowest BCUT2D eigenvalue weighted by Gasteiger charge is -2.03. The Labute approximate surface area is 86.0 Å². The van der Waals surface area contributed by atoms with Crippen LogP contribution in [0.15, 0.2) is 24.3 Å². The predicted octanol–water partition coefficient (Wildman–Crippen LogP) is 2.66. The summed E-state index contributed by atoms with van der Waals surface area (Å²) >= 11 is 3.12. The zero-order chi connectivity index (χ0) is 9.68. The van der Waals surface area contributed by atoms with Crippen LogP contribution in [0.1, 0.15) is 17.3 Å². The van der Waals surface area contributed by atoms with Crippen molar-refractivity contribution < 1.29 is 9.53 Å². The molecule has 0 saturated heterocycles. The molecule has 0 atom stereocenters. The molecular formula is C10H11BrO2. The molecule has 0 N–H and O–H groups in total. The van der Waals surface area contributed by atoms with Crippen molar-refractivity contribution in [3.8, 4) is 5.75 Å². The maximum atomic E-state index is 11.3. The molecule has 0 fully saturated rings. The van der Waals surface area contributed by atoms with Gasteiger partial charge in [-0.15, -0.1) is 0 Å². The van der Waals surface area contributed by atoms with Gasteiger partial charge < -0.3 is 4.74 Å². The number of benzene rings is 1. The number of ketones is 1. The fraction of sp³-hybridized carbons (Fsp3) is 0.300. The lowest BCUT2D eigenvalue weighted by atomic mass is 10.1. The molecule has 0 amide bonds. The molecule has 1 aromatic carbocycles. The molecule has 0 aliphatic heterocycles. The SMILES string of the molecule is CCOc1cccc(C(=O)CBr)c1. The van der Waals surface area contributed by atoms with Gasteiger partial charge in [0.2, 0.25) is 0 Å². The monoisotopic (exact) mass is 242 g/mol. The molecule has 0 aliphatic rings. The average Bonchev–Trinajstić information content (AvgIpc) is 2.18. The third-order valence-electron chi connectivity index (χ3n) is 1.59. The standard InChI is InChI=1S/C10H11BrO2/c1-2-13-9-5-3-4-8(6-9)10(12)7-11/h3-6H,2,7H2,1H3.